The monoisotopic (exact) mass is 381 g/mol. The summed E-state index contributed by atoms with van der Waals surface area (Å²) < 4.78 is 38.5. The molecule has 0 radical (unpaired) electrons. The molecule has 9 heteroatoms. The Labute approximate surface area is 153 Å². The summed E-state index contributed by atoms with van der Waals surface area (Å²) in [5.41, 5.74) is -0.585. The van der Waals surface area contributed by atoms with Crippen LogP contribution in [0.25, 0.3) is 0 Å². The summed E-state index contributed by atoms with van der Waals surface area (Å²) in [7, 11) is 0. The van der Waals surface area contributed by atoms with Gasteiger partial charge in [0.2, 0.25) is 5.91 Å². The van der Waals surface area contributed by atoms with Crippen LogP contribution in [0.4, 0.5) is 18.0 Å². The minimum Gasteiger partial charge on any atom is -0.334 e. The average Bonchev–Trinajstić information content (AvgIpc) is 3.28. The molecule has 1 aliphatic carbocycles. The summed E-state index contributed by atoms with van der Waals surface area (Å²) in [4.78, 5) is 37.8. The van der Waals surface area contributed by atoms with Gasteiger partial charge in [-0.3, -0.25) is 14.9 Å². The molecule has 1 aromatic carbocycles. The van der Waals surface area contributed by atoms with Crippen LogP contribution in [0, 0.1) is 5.92 Å². The number of hydrogen-bond acceptors (Lipinski definition) is 3. The molecule has 6 nitrogen and oxygen atoms in total. The van der Waals surface area contributed by atoms with E-state index < -0.39 is 29.2 Å². The maximum Gasteiger partial charge on any atom is 0.416 e. The maximum absolute atomic E-state index is 12.8. The van der Waals surface area contributed by atoms with Gasteiger partial charge in [-0.2, -0.15) is 13.2 Å². The molecule has 4 amide bonds. The van der Waals surface area contributed by atoms with Crippen molar-refractivity contribution in [3.63, 3.8) is 0 Å². The fraction of sp³-hybridized carbons (Fsp3) is 0.500. The minimum atomic E-state index is -4.42. The van der Waals surface area contributed by atoms with Gasteiger partial charge in [-0.25, -0.2) is 4.79 Å². The zero-order valence-corrected chi connectivity index (χ0v) is 14.4. The van der Waals surface area contributed by atoms with Gasteiger partial charge in [-0.05, 0) is 48.4 Å². The average molecular weight is 381 g/mol. The Balaban J connectivity index is 1.42. The van der Waals surface area contributed by atoms with E-state index in [0.717, 1.165) is 25.0 Å². The van der Waals surface area contributed by atoms with Crippen molar-refractivity contribution in [3.8, 4) is 0 Å². The van der Waals surface area contributed by atoms with Crippen molar-refractivity contribution in [2.24, 2.45) is 5.92 Å². The van der Waals surface area contributed by atoms with Crippen molar-refractivity contribution >= 4 is 17.8 Å². The summed E-state index contributed by atoms with van der Waals surface area (Å²) in [6.45, 7) is 0.369. The normalized spacial score (nSPS) is 24.6. The Morgan fingerprint density at radius 1 is 1.19 bits per heavy atom. The number of halogens is 3. The Kier molecular flexibility index (Phi) is 3.94. The van der Waals surface area contributed by atoms with E-state index in [1.165, 1.54) is 11.0 Å². The number of fused-ring (bicyclic) bond motifs is 1. The Morgan fingerprint density at radius 2 is 1.89 bits per heavy atom. The van der Waals surface area contributed by atoms with Crippen LogP contribution >= 0.6 is 0 Å². The van der Waals surface area contributed by atoms with Crippen LogP contribution < -0.4 is 10.6 Å². The highest BCUT2D eigenvalue weighted by molar-refractivity contribution is 6.07. The van der Waals surface area contributed by atoms with Crippen molar-refractivity contribution in [1.82, 2.24) is 15.5 Å². The number of carbonyl (C=O) groups excluding carboxylic acids is 3. The molecule has 1 saturated carbocycles. The lowest BCUT2D eigenvalue weighted by molar-refractivity contribution is -0.137. The number of rotatable bonds is 4. The summed E-state index contributed by atoms with van der Waals surface area (Å²) in [5.74, 6) is -0.613. The molecule has 1 unspecified atom stereocenters. The fourth-order valence-electron chi connectivity index (χ4n) is 3.96. The van der Waals surface area contributed by atoms with Crippen LogP contribution in [0.3, 0.4) is 0 Å². The predicted molar refractivity (Wildman–Crippen MR) is 87.1 cm³/mol. The molecule has 144 valence electrons. The molecule has 1 atom stereocenters. The van der Waals surface area contributed by atoms with Gasteiger partial charge in [0.15, 0.2) is 0 Å². The van der Waals surface area contributed by atoms with E-state index in [-0.39, 0.29) is 37.8 Å². The summed E-state index contributed by atoms with van der Waals surface area (Å²) in [5, 5.41) is 4.91. The number of carbonyl (C=O) groups is 3. The number of benzene rings is 1. The SMILES string of the molecule is O=C1NC(=O)C(CCC(=O)N2Cc3ccc(C(F)(F)F)cc3C2)(C2CC2)N1. The van der Waals surface area contributed by atoms with Crippen molar-refractivity contribution < 1.29 is 27.6 Å². The second-order valence-electron chi connectivity index (χ2n) is 7.38. The van der Waals surface area contributed by atoms with Crippen LogP contribution in [-0.2, 0) is 28.9 Å². The molecule has 2 N–H and O–H groups in total. The largest absolute Gasteiger partial charge is 0.416 e. The number of nitrogens with zero attached hydrogens (tertiary/aromatic N) is 1. The third kappa shape index (κ3) is 3.15. The summed E-state index contributed by atoms with van der Waals surface area (Å²) in [6, 6.07) is 2.96. The molecule has 2 fully saturated rings. The van der Waals surface area contributed by atoms with Crippen molar-refractivity contribution in [2.75, 3.05) is 0 Å². The summed E-state index contributed by atoms with van der Waals surface area (Å²) in [6.07, 6.45) is -2.55. The quantitative estimate of drug-likeness (QED) is 0.786. The number of urea groups is 1. The van der Waals surface area contributed by atoms with Gasteiger partial charge in [0, 0.05) is 19.5 Å². The van der Waals surface area contributed by atoms with Crippen LogP contribution in [-0.4, -0.2) is 28.3 Å². The first kappa shape index (κ1) is 17.8. The zero-order valence-electron chi connectivity index (χ0n) is 14.4. The molecule has 0 aromatic heterocycles. The zero-order chi connectivity index (χ0) is 19.4. The highest BCUT2D eigenvalue weighted by Crippen LogP contribution is 2.44. The molecule has 2 heterocycles. The molecule has 0 bridgehead atoms. The van der Waals surface area contributed by atoms with Crippen LogP contribution in [0.2, 0.25) is 0 Å². The van der Waals surface area contributed by atoms with Crippen molar-refractivity contribution in [2.45, 2.75) is 50.5 Å². The standard InChI is InChI=1S/C18H18F3N3O3/c19-18(20,21)13-2-1-10-8-24(9-11(10)7-13)14(25)5-6-17(12-3-4-12)15(26)22-16(27)23-17/h1-2,7,12H,3-6,8-9H2,(H2,22,23,26,27). The molecular formula is C18H18F3N3O3. The first-order chi connectivity index (χ1) is 12.7. The molecule has 0 spiro atoms. The van der Waals surface area contributed by atoms with E-state index in [1.807, 2.05) is 0 Å². The molecule has 1 aromatic rings. The second-order valence-corrected chi connectivity index (χ2v) is 7.38. The third-order valence-corrected chi connectivity index (χ3v) is 5.59. The van der Waals surface area contributed by atoms with E-state index in [1.54, 1.807) is 0 Å². The van der Waals surface area contributed by atoms with Gasteiger partial charge in [-0.1, -0.05) is 6.07 Å². The van der Waals surface area contributed by atoms with E-state index in [2.05, 4.69) is 10.6 Å². The first-order valence-electron chi connectivity index (χ1n) is 8.79. The smallest absolute Gasteiger partial charge is 0.334 e. The van der Waals surface area contributed by atoms with Gasteiger partial charge < -0.3 is 10.2 Å². The number of amides is 4. The lowest BCUT2D eigenvalue weighted by Gasteiger charge is -2.26. The molecule has 3 aliphatic rings. The van der Waals surface area contributed by atoms with E-state index in [9.17, 15) is 27.6 Å². The summed E-state index contributed by atoms with van der Waals surface area (Å²) >= 11 is 0. The predicted octanol–water partition coefficient (Wildman–Crippen LogP) is 2.32. The Hall–Kier alpha value is -2.58. The van der Waals surface area contributed by atoms with Crippen LogP contribution in [0.1, 0.15) is 42.4 Å². The van der Waals surface area contributed by atoms with E-state index >= 15 is 0 Å². The van der Waals surface area contributed by atoms with Gasteiger partial charge in [0.05, 0.1) is 5.56 Å². The van der Waals surface area contributed by atoms with Crippen LogP contribution in [0.5, 0.6) is 0 Å². The van der Waals surface area contributed by atoms with E-state index in [0.29, 0.717) is 11.1 Å². The Morgan fingerprint density at radius 3 is 2.48 bits per heavy atom. The minimum absolute atomic E-state index is 0.0295. The molecule has 1 saturated heterocycles. The Bertz CT molecular complexity index is 835. The molecule has 27 heavy (non-hydrogen) atoms. The highest BCUT2D eigenvalue weighted by Gasteiger charge is 2.55. The third-order valence-electron chi connectivity index (χ3n) is 5.59. The lowest BCUT2D eigenvalue weighted by atomic mass is 9.88. The number of alkyl halides is 3. The van der Waals surface area contributed by atoms with Gasteiger partial charge >= 0.3 is 12.2 Å². The molecule has 4 rings (SSSR count). The number of nitrogens with one attached hydrogen (secondary N) is 2. The van der Waals surface area contributed by atoms with E-state index in [4.69, 9.17) is 0 Å². The number of hydrogen-bond donors (Lipinski definition) is 2. The van der Waals surface area contributed by atoms with Gasteiger partial charge in [0.25, 0.3) is 5.91 Å². The molecular weight excluding hydrogens is 363 g/mol. The number of imide groups is 1. The highest BCUT2D eigenvalue weighted by atomic mass is 19.4. The van der Waals surface area contributed by atoms with Crippen molar-refractivity contribution in [1.29, 1.82) is 0 Å². The second kappa shape index (κ2) is 5.97. The topological polar surface area (TPSA) is 78.5 Å². The van der Waals surface area contributed by atoms with Crippen LogP contribution in [0.15, 0.2) is 18.2 Å². The molecule has 2 aliphatic heterocycles. The van der Waals surface area contributed by atoms with Gasteiger partial charge in [0.1, 0.15) is 5.54 Å². The van der Waals surface area contributed by atoms with Crippen molar-refractivity contribution in [3.05, 3.63) is 34.9 Å². The maximum atomic E-state index is 12.8. The lowest BCUT2D eigenvalue weighted by Crippen LogP contribution is -2.49. The fourth-order valence-corrected chi connectivity index (χ4v) is 3.96. The van der Waals surface area contributed by atoms with Gasteiger partial charge in [-0.15, -0.1) is 0 Å². The first-order valence-corrected chi connectivity index (χ1v) is 8.79.